The molecule has 0 spiro atoms. The number of nitrogens with zero attached hydrogens (tertiary/aromatic N) is 2. The molecule has 0 fully saturated rings. The van der Waals surface area contributed by atoms with Gasteiger partial charge < -0.3 is 0 Å². The van der Waals surface area contributed by atoms with E-state index in [2.05, 4.69) is 0 Å². The van der Waals surface area contributed by atoms with Gasteiger partial charge in [-0.1, -0.05) is 0 Å². The van der Waals surface area contributed by atoms with Crippen LogP contribution in [-0.4, -0.2) is 62.4 Å². The Kier molecular flexibility index (Phi) is 5.07. The van der Waals surface area contributed by atoms with E-state index in [-0.39, 0.29) is 4.57 Å². The summed E-state index contributed by atoms with van der Waals surface area (Å²) in [5.74, 6) is 0. The molecule has 0 saturated heterocycles. The molecule has 0 N–H and O–H groups in total. The second-order valence-corrected chi connectivity index (χ2v) is 6.03. The van der Waals surface area contributed by atoms with Crippen molar-refractivity contribution >= 4 is 24.4 Å². The summed E-state index contributed by atoms with van der Waals surface area (Å²) < 4.78 is 1.35. The van der Waals surface area contributed by atoms with Crippen molar-refractivity contribution in [1.82, 2.24) is 9.80 Å². The minimum atomic E-state index is -0.476. The molecule has 0 aliphatic rings. The second-order valence-electron chi connectivity index (χ2n) is 3.87. The summed E-state index contributed by atoms with van der Waals surface area (Å²) in [7, 11) is 7.90. The Labute approximate surface area is 103 Å². The van der Waals surface area contributed by atoms with Crippen LogP contribution in [0, 0.1) is 0 Å². The summed E-state index contributed by atoms with van der Waals surface area (Å²) in [5, 5.41) is 0. The van der Waals surface area contributed by atoms with E-state index in [1.54, 1.807) is 0 Å². The molecule has 16 heavy (non-hydrogen) atoms. The van der Waals surface area contributed by atoms with Crippen molar-refractivity contribution in [2.75, 3.05) is 28.2 Å². The Hall–Kier alpha value is -0.762. The molecule has 4 heteroatoms. The summed E-state index contributed by atoms with van der Waals surface area (Å²) in [4.78, 5) is 16.1. The predicted molar refractivity (Wildman–Crippen MR) is 68.9 cm³/mol. The number of hydrogen-bond donors (Lipinski definition) is 0. The Morgan fingerprint density at radius 2 is 1.50 bits per heavy atom. The van der Waals surface area contributed by atoms with Gasteiger partial charge in [0.1, 0.15) is 0 Å². The molecule has 1 aromatic rings. The van der Waals surface area contributed by atoms with E-state index in [4.69, 9.17) is 0 Å². The van der Waals surface area contributed by atoms with Gasteiger partial charge in [-0.2, -0.15) is 0 Å². The van der Waals surface area contributed by atoms with Crippen LogP contribution in [0.3, 0.4) is 0 Å². The normalized spacial score (nSPS) is 11.1. The monoisotopic (exact) mass is 280 g/mol. The fourth-order valence-electron chi connectivity index (χ4n) is 1.34. The van der Waals surface area contributed by atoms with Gasteiger partial charge in [-0.25, -0.2) is 0 Å². The van der Waals surface area contributed by atoms with Crippen molar-refractivity contribution in [3.8, 4) is 0 Å². The van der Waals surface area contributed by atoms with Crippen LogP contribution < -0.4 is 0 Å². The van der Waals surface area contributed by atoms with Crippen molar-refractivity contribution in [3.05, 3.63) is 35.9 Å². The molecular weight excluding hydrogens is 263 g/mol. The van der Waals surface area contributed by atoms with Crippen molar-refractivity contribution in [3.63, 3.8) is 0 Å². The van der Waals surface area contributed by atoms with E-state index < -0.39 is 15.3 Å². The standard InChI is InChI=1S/C12H17AsN2O/c1-14(2)12(15(3)4)13-11(16)10-8-6-5-7-9-10/h5-9H,1-4H3. The molecular formula is C12H17AsN2O. The molecule has 0 heterocycles. The van der Waals surface area contributed by atoms with E-state index in [1.807, 2.05) is 68.3 Å². The van der Waals surface area contributed by atoms with Gasteiger partial charge in [0.25, 0.3) is 0 Å². The molecule has 0 atom stereocenters. The maximum absolute atomic E-state index is 12.0. The number of rotatable bonds is 4. The molecule has 0 amide bonds. The van der Waals surface area contributed by atoms with Gasteiger partial charge in [-0.05, 0) is 0 Å². The molecule has 0 aliphatic heterocycles. The summed E-state index contributed by atoms with van der Waals surface area (Å²) in [6.45, 7) is 0. The van der Waals surface area contributed by atoms with Gasteiger partial charge in [0.15, 0.2) is 0 Å². The predicted octanol–water partition coefficient (Wildman–Crippen LogP) is 0.742. The Morgan fingerprint density at radius 3 is 1.94 bits per heavy atom. The molecule has 0 bridgehead atoms. The summed E-state index contributed by atoms with van der Waals surface area (Å²) >= 11 is -0.476. The first kappa shape index (κ1) is 13.3. The zero-order chi connectivity index (χ0) is 12.1. The Balaban J connectivity index is 2.94. The number of carbonyl (C=O) groups excluding carboxylic acids is 1. The summed E-state index contributed by atoms with van der Waals surface area (Å²) in [6.07, 6.45) is 0. The third kappa shape index (κ3) is 3.67. The van der Waals surface area contributed by atoms with Crippen LogP contribution >= 0.6 is 0 Å². The Bertz CT molecular complexity index is 375. The fraction of sp³-hybridized carbons (Fsp3) is 0.333. The van der Waals surface area contributed by atoms with Crippen LogP contribution in [-0.2, 0) is 0 Å². The zero-order valence-corrected chi connectivity index (χ0v) is 12.0. The molecule has 1 rings (SSSR count). The maximum atomic E-state index is 12.0. The molecule has 0 radical (unpaired) electrons. The van der Waals surface area contributed by atoms with Crippen LogP contribution in [0.2, 0.25) is 0 Å². The van der Waals surface area contributed by atoms with Crippen LogP contribution in [0.25, 0.3) is 0 Å². The van der Waals surface area contributed by atoms with E-state index in [0.29, 0.717) is 0 Å². The fourth-order valence-corrected chi connectivity index (χ4v) is 3.14. The SMILES string of the molecule is CN(C)C(=[As]C(=O)c1ccccc1)N(C)C. The zero-order valence-electron chi connectivity index (χ0n) is 10.1. The van der Waals surface area contributed by atoms with Gasteiger partial charge in [-0.3, -0.25) is 0 Å². The summed E-state index contributed by atoms with van der Waals surface area (Å²) in [6, 6.07) is 9.48. The van der Waals surface area contributed by atoms with Crippen LogP contribution in [0.1, 0.15) is 10.4 Å². The van der Waals surface area contributed by atoms with E-state index in [0.717, 1.165) is 10.1 Å². The van der Waals surface area contributed by atoms with Gasteiger partial charge in [0, 0.05) is 0 Å². The minimum absolute atomic E-state index is 0.245. The average molecular weight is 280 g/mol. The quantitative estimate of drug-likeness (QED) is 0.760. The van der Waals surface area contributed by atoms with E-state index in [9.17, 15) is 4.79 Å². The van der Waals surface area contributed by atoms with Gasteiger partial charge >= 0.3 is 103 Å². The van der Waals surface area contributed by atoms with Gasteiger partial charge in [0.2, 0.25) is 0 Å². The molecule has 0 unspecified atom stereocenters. The average Bonchev–Trinajstić information content (AvgIpc) is 2.25. The van der Waals surface area contributed by atoms with Gasteiger partial charge in [0.05, 0.1) is 0 Å². The number of carbonyl (C=O) groups is 1. The van der Waals surface area contributed by atoms with Gasteiger partial charge in [-0.15, -0.1) is 0 Å². The van der Waals surface area contributed by atoms with Crippen molar-refractivity contribution in [2.45, 2.75) is 0 Å². The second kappa shape index (κ2) is 6.09. The third-order valence-corrected chi connectivity index (χ3v) is 5.09. The Morgan fingerprint density at radius 1 is 1.00 bits per heavy atom. The van der Waals surface area contributed by atoms with Crippen LogP contribution in [0.4, 0.5) is 0 Å². The molecule has 0 aliphatic carbocycles. The molecule has 0 aromatic heterocycles. The first-order valence-corrected chi connectivity index (χ1v) is 6.92. The summed E-state index contributed by atoms with van der Waals surface area (Å²) in [5.41, 5.74) is 0.809. The van der Waals surface area contributed by atoms with Crippen molar-refractivity contribution < 1.29 is 4.79 Å². The third-order valence-electron chi connectivity index (χ3n) is 2.02. The topological polar surface area (TPSA) is 23.6 Å². The molecule has 86 valence electrons. The number of benzene rings is 1. The first-order chi connectivity index (χ1) is 7.52. The molecule has 3 nitrogen and oxygen atoms in total. The van der Waals surface area contributed by atoms with E-state index in [1.165, 1.54) is 0 Å². The van der Waals surface area contributed by atoms with Crippen LogP contribution in [0.15, 0.2) is 30.3 Å². The molecule has 1 aromatic carbocycles. The van der Waals surface area contributed by atoms with E-state index >= 15 is 0 Å². The first-order valence-electron chi connectivity index (χ1n) is 5.05. The van der Waals surface area contributed by atoms with Crippen LogP contribution in [0.5, 0.6) is 0 Å². The van der Waals surface area contributed by atoms with Crippen molar-refractivity contribution in [1.29, 1.82) is 0 Å². The molecule has 0 saturated carbocycles. The number of hydrogen-bond acceptors (Lipinski definition) is 3. The van der Waals surface area contributed by atoms with Crippen molar-refractivity contribution in [2.24, 2.45) is 0 Å².